The van der Waals surface area contributed by atoms with E-state index in [2.05, 4.69) is 11.0 Å². The molecule has 5 nitrogen and oxygen atoms in total. The Morgan fingerprint density at radius 2 is 1.62 bits per heavy atom. The normalized spacial score (nSPS) is 14.1. The SMILES string of the molecule is CC(C)Oc1ccc2c(C(=O)c3ccc(OCCN4CCOCC4)cc3)c(-c3ccccc3)ccc2c1. The van der Waals surface area contributed by atoms with Gasteiger partial charge in [-0.3, -0.25) is 9.69 Å². The zero-order valence-electron chi connectivity index (χ0n) is 21.5. The summed E-state index contributed by atoms with van der Waals surface area (Å²) in [5.74, 6) is 1.55. The number of hydrogen-bond acceptors (Lipinski definition) is 5. The van der Waals surface area contributed by atoms with Gasteiger partial charge in [-0.1, -0.05) is 42.5 Å². The highest BCUT2D eigenvalue weighted by molar-refractivity contribution is 6.20. The Kier molecular flexibility index (Phi) is 7.83. The Balaban J connectivity index is 1.42. The molecule has 0 bridgehead atoms. The van der Waals surface area contributed by atoms with E-state index in [0.29, 0.717) is 17.7 Å². The third-order valence-electron chi connectivity index (χ3n) is 6.57. The van der Waals surface area contributed by atoms with E-state index in [1.165, 1.54) is 0 Å². The van der Waals surface area contributed by atoms with Crippen molar-refractivity contribution in [3.05, 3.63) is 96.1 Å². The summed E-state index contributed by atoms with van der Waals surface area (Å²) in [7, 11) is 0. The molecular formula is C32H33NO4. The summed E-state index contributed by atoms with van der Waals surface area (Å²) in [6.45, 7) is 8.93. The van der Waals surface area contributed by atoms with E-state index in [0.717, 1.165) is 66.2 Å². The summed E-state index contributed by atoms with van der Waals surface area (Å²) in [5, 5.41) is 1.89. The van der Waals surface area contributed by atoms with Crippen molar-refractivity contribution < 1.29 is 19.0 Å². The van der Waals surface area contributed by atoms with Crippen LogP contribution in [0.2, 0.25) is 0 Å². The standard InChI is InChI=1S/C32H33NO4/c1-23(2)37-28-13-15-30-26(22-28)10-14-29(24-6-4-3-5-7-24)31(30)32(34)25-8-11-27(12-9-25)36-21-18-33-16-19-35-20-17-33/h3-15,22-23H,16-21H2,1-2H3. The van der Waals surface area contributed by atoms with E-state index >= 15 is 0 Å². The van der Waals surface area contributed by atoms with E-state index in [1.807, 2.05) is 92.7 Å². The summed E-state index contributed by atoms with van der Waals surface area (Å²) in [4.78, 5) is 16.3. The maximum absolute atomic E-state index is 14.0. The molecule has 0 N–H and O–H groups in total. The van der Waals surface area contributed by atoms with Crippen LogP contribution < -0.4 is 9.47 Å². The van der Waals surface area contributed by atoms with Gasteiger partial charge < -0.3 is 14.2 Å². The lowest BCUT2D eigenvalue weighted by molar-refractivity contribution is 0.0322. The van der Waals surface area contributed by atoms with Gasteiger partial charge in [-0.15, -0.1) is 0 Å². The number of morpholine rings is 1. The second-order valence-corrected chi connectivity index (χ2v) is 9.56. The summed E-state index contributed by atoms with van der Waals surface area (Å²) in [5.41, 5.74) is 3.26. The number of benzene rings is 4. The minimum Gasteiger partial charge on any atom is -0.492 e. The number of carbonyl (C=O) groups excluding carboxylic acids is 1. The molecule has 1 heterocycles. The first-order valence-corrected chi connectivity index (χ1v) is 12.9. The van der Waals surface area contributed by atoms with E-state index in [-0.39, 0.29) is 11.9 Å². The zero-order chi connectivity index (χ0) is 25.6. The van der Waals surface area contributed by atoms with Gasteiger partial charge in [0.1, 0.15) is 18.1 Å². The highest BCUT2D eigenvalue weighted by Gasteiger charge is 2.19. The summed E-state index contributed by atoms with van der Waals surface area (Å²) in [6, 6.07) is 27.6. The van der Waals surface area contributed by atoms with Crippen molar-refractivity contribution in [2.45, 2.75) is 20.0 Å². The Morgan fingerprint density at radius 1 is 0.892 bits per heavy atom. The van der Waals surface area contributed by atoms with Crippen molar-refractivity contribution in [2.75, 3.05) is 39.5 Å². The van der Waals surface area contributed by atoms with Gasteiger partial charge >= 0.3 is 0 Å². The molecule has 1 saturated heterocycles. The quantitative estimate of drug-likeness (QED) is 0.257. The minimum atomic E-state index is -0.0122. The number of ether oxygens (including phenoxy) is 3. The summed E-state index contributed by atoms with van der Waals surface area (Å²) < 4.78 is 17.2. The smallest absolute Gasteiger partial charge is 0.194 e. The first kappa shape index (κ1) is 25.0. The molecule has 1 fully saturated rings. The first-order valence-electron chi connectivity index (χ1n) is 12.9. The van der Waals surface area contributed by atoms with E-state index in [9.17, 15) is 4.79 Å². The van der Waals surface area contributed by atoms with Gasteiger partial charge in [0, 0.05) is 30.8 Å². The van der Waals surface area contributed by atoms with Crippen molar-refractivity contribution in [3.8, 4) is 22.6 Å². The van der Waals surface area contributed by atoms with Crippen LogP contribution in [-0.2, 0) is 4.74 Å². The molecular weight excluding hydrogens is 462 g/mol. The van der Waals surface area contributed by atoms with Crippen LogP contribution in [-0.4, -0.2) is 56.2 Å². The molecule has 37 heavy (non-hydrogen) atoms. The molecule has 1 aliphatic rings. The number of nitrogens with zero attached hydrogens (tertiary/aromatic N) is 1. The lowest BCUT2D eigenvalue weighted by atomic mass is 9.89. The molecule has 190 valence electrons. The molecule has 0 spiro atoms. The van der Waals surface area contributed by atoms with Crippen LogP contribution in [0.25, 0.3) is 21.9 Å². The highest BCUT2D eigenvalue weighted by atomic mass is 16.5. The zero-order valence-corrected chi connectivity index (χ0v) is 21.5. The van der Waals surface area contributed by atoms with E-state index < -0.39 is 0 Å². The molecule has 4 aromatic carbocycles. The lowest BCUT2D eigenvalue weighted by Crippen LogP contribution is -2.38. The third-order valence-corrected chi connectivity index (χ3v) is 6.57. The second kappa shape index (κ2) is 11.6. The van der Waals surface area contributed by atoms with Crippen LogP contribution >= 0.6 is 0 Å². The Labute approximate surface area is 218 Å². The molecule has 0 amide bonds. The van der Waals surface area contributed by atoms with Crippen molar-refractivity contribution in [1.82, 2.24) is 4.90 Å². The Bertz CT molecular complexity index is 1340. The van der Waals surface area contributed by atoms with Crippen molar-refractivity contribution in [2.24, 2.45) is 0 Å². The van der Waals surface area contributed by atoms with Crippen LogP contribution in [0.15, 0.2) is 84.9 Å². The molecule has 0 aliphatic carbocycles. The van der Waals surface area contributed by atoms with Crippen LogP contribution in [0.1, 0.15) is 29.8 Å². The van der Waals surface area contributed by atoms with Gasteiger partial charge in [0.25, 0.3) is 0 Å². The largest absolute Gasteiger partial charge is 0.492 e. The predicted molar refractivity (Wildman–Crippen MR) is 148 cm³/mol. The molecule has 5 heteroatoms. The maximum atomic E-state index is 14.0. The maximum Gasteiger partial charge on any atom is 0.194 e. The number of fused-ring (bicyclic) bond motifs is 1. The van der Waals surface area contributed by atoms with Gasteiger partial charge in [0.15, 0.2) is 5.78 Å². The van der Waals surface area contributed by atoms with E-state index in [1.54, 1.807) is 0 Å². The van der Waals surface area contributed by atoms with Gasteiger partial charge in [-0.05, 0) is 78.2 Å². The van der Waals surface area contributed by atoms with Gasteiger partial charge in [-0.2, -0.15) is 0 Å². The lowest BCUT2D eigenvalue weighted by Gasteiger charge is -2.26. The monoisotopic (exact) mass is 495 g/mol. The fourth-order valence-corrected chi connectivity index (χ4v) is 4.72. The number of hydrogen-bond donors (Lipinski definition) is 0. The molecule has 0 radical (unpaired) electrons. The molecule has 0 atom stereocenters. The van der Waals surface area contributed by atoms with Crippen molar-refractivity contribution >= 4 is 16.6 Å². The molecule has 4 aromatic rings. The molecule has 0 unspecified atom stereocenters. The summed E-state index contributed by atoms with van der Waals surface area (Å²) >= 11 is 0. The molecule has 0 aromatic heterocycles. The van der Waals surface area contributed by atoms with Crippen LogP contribution in [0, 0.1) is 0 Å². The van der Waals surface area contributed by atoms with E-state index in [4.69, 9.17) is 14.2 Å². The Hall–Kier alpha value is -3.67. The fraction of sp³-hybridized carbons (Fsp3) is 0.281. The van der Waals surface area contributed by atoms with Crippen LogP contribution in [0.5, 0.6) is 11.5 Å². The summed E-state index contributed by atoms with van der Waals surface area (Å²) in [6.07, 6.45) is 0.0803. The van der Waals surface area contributed by atoms with Gasteiger partial charge in [-0.25, -0.2) is 0 Å². The number of carbonyl (C=O) groups is 1. The molecule has 1 aliphatic heterocycles. The number of ketones is 1. The topological polar surface area (TPSA) is 48.0 Å². The molecule has 0 saturated carbocycles. The highest BCUT2D eigenvalue weighted by Crippen LogP contribution is 2.34. The third kappa shape index (κ3) is 6.01. The Morgan fingerprint density at radius 3 is 2.35 bits per heavy atom. The first-order chi connectivity index (χ1) is 18.1. The average Bonchev–Trinajstić information content (AvgIpc) is 2.93. The van der Waals surface area contributed by atoms with Crippen LogP contribution in [0.3, 0.4) is 0 Å². The fourth-order valence-electron chi connectivity index (χ4n) is 4.72. The number of rotatable bonds is 9. The van der Waals surface area contributed by atoms with Crippen molar-refractivity contribution in [1.29, 1.82) is 0 Å². The molecule has 5 rings (SSSR count). The van der Waals surface area contributed by atoms with Crippen molar-refractivity contribution in [3.63, 3.8) is 0 Å². The second-order valence-electron chi connectivity index (χ2n) is 9.56. The average molecular weight is 496 g/mol. The minimum absolute atomic E-state index is 0.0122. The van der Waals surface area contributed by atoms with Crippen LogP contribution in [0.4, 0.5) is 0 Å². The predicted octanol–water partition coefficient (Wildman–Crippen LogP) is 6.24. The van der Waals surface area contributed by atoms with Gasteiger partial charge in [0.2, 0.25) is 0 Å². The van der Waals surface area contributed by atoms with Gasteiger partial charge in [0.05, 0.1) is 19.3 Å².